The SMILES string of the molecule is CCOC(C)Oc1ccc(S(=O)(=O)C2=C(C)NC(C)=C(C(=O)OC)C2c2ccccc2Cl)cc1. The van der Waals surface area contributed by atoms with E-state index >= 15 is 0 Å². The lowest BCUT2D eigenvalue weighted by Crippen LogP contribution is -2.31. The molecule has 1 aliphatic heterocycles. The van der Waals surface area contributed by atoms with E-state index in [0.717, 1.165) is 0 Å². The quantitative estimate of drug-likeness (QED) is 0.401. The van der Waals surface area contributed by atoms with Crippen LogP contribution in [0.4, 0.5) is 0 Å². The molecule has 3 rings (SSSR count). The highest BCUT2D eigenvalue weighted by Gasteiger charge is 2.41. The van der Waals surface area contributed by atoms with Crippen molar-refractivity contribution in [3.8, 4) is 5.75 Å². The Kier molecular flexibility index (Phi) is 8.07. The van der Waals surface area contributed by atoms with Gasteiger partial charge in [0.15, 0.2) is 6.29 Å². The molecule has 0 fully saturated rings. The van der Waals surface area contributed by atoms with Crippen molar-refractivity contribution in [1.82, 2.24) is 5.32 Å². The van der Waals surface area contributed by atoms with Gasteiger partial charge in [-0.3, -0.25) is 0 Å². The molecular formula is C25H28ClNO6S. The number of dihydropyridines is 1. The third kappa shape index (κ3) is 5.14. The van der Waals surface area contributed by atoms with E-state index in [0.29, 0.717) is 34.3 Å². The van der Waals surface area contributed by atoms with Gasteiger partial charge in [0.25, 0.3) is 0 Å². The molecule has 1 N–H and O–H groups in total. The summed E-state index contributed by atoms with van der Waals surface area (Å²) < 4.78 is 43.8. The zero-order valence-electron chi connectivity index (χ0n) is 19.7. The molecule has 0 radical (unpaired) electrons. The fourth-order valence-corrected chi connectivity index (χ4v) is 6.00. The van der Waals surface area contributed by atoms with Crippen molar-refractivity contribution >= 4 is 27.4 Å². The first-order chi connectivity index (χ1) is 16.1. The highest BCUT2D eigenvalue weighted by molar-refractivity contribution is 7.95. The number of halogens is 1. The Morgan fingerprint density at radius 2 is 1.74 bits per heavy atom. The molecule has 2 aromatic carbocycles. The van der Waals surface area contributed by atoms with Crippen LogP contribution in [0.15, 0.2) is 75.3 Å². The van der Waals surface area contributed by atoms with Crippen LogP contribution in [-0.4, -0.2) is 34.4 Å². The first kappa shape index (κ1) is 25.8. The monoisotopic (exact) mass is 505 g/mol. The average Bonchev–Trinajstić information content (AvgIpc) is 2.78. The summed E-state index contributed by atoms with van der Waals surface area (Å²) in [5.41, 5.74) is 1.58. The number of ether oxygens (including phenoxy) is 3. The van der Waals surface area contributed by atoms with Crippen LogP contribution in [0.1, 0.15) is 39.2 Å². The van der Waals surface area contributed by atoms with Gasteiger partial charge in [-0.05, 0) is 63.6 Å². The summed E-state index contributed by atoms with van der Waals surface area (Å²) >= 11 is 6.48. The number of esters is 1. The molecule has 2 atom stereocenters. The van der Waals surface area contributed by atoms with Crippen molar-refractivity contribution in [3.63, 3.8) is 0 Å². The van der Waals surface area contributed by atoms with E-state index in [-0.39, 0.29) is 15.4 Å². The van der Waals surface area contributed by atoms with Gasteiger partial charge in [0.1, 0.15) is 5.75 Å². The Balaban J connectivity index is 2.12. The second kappa shape index (κ2) is 10.6. The fraction of sp³-hybridized carbons (Fsp3) is 0.320. The minimum absolute atomic E-state index is 0.0305. The Morgan fingerprint density at radius 1 is 1.09 bits per heavy atom. The molecule has 0 saturated heterocycles. The molecule has 182 valence electrons. The van der Waals surface area contributed by atoms with Crippen LogP contribution in [0.3, 0.4) is 0 Å². The van der Waals surface area contributed by atoms with E-state index in [9.17, 15) is 13.2 Å². The Morgan fingerprint density at radius 3 is 2.32 bits per heavy atom. The maximum absolute atomic E-state index is 13.9. The number of allylic oxidation sites excluding steroid dienone is 3. The number of hydrogen-bond donors (Lipinski definition) is 1. The van der Waals surface area contributed by atoms with Gasteiger partial charge in [-0.25, -0.2) is 13.2 Å². The van der Waals surface area contributed by atoms with E-state index in [1.807, 2.05) is 6.92 Å². The smallest absolute Gasteiger partial charge is 0.336 e. The van der Waals surface area contributed by atoms with Gasteiger partial charge >= 0.3 is 5.97 Å². The topological polar surface area (TPSA) is 90.9 Å². The van der Waals surface area contributed by atoms with E-state index in [4.69, 9.17) is 25.8 Å². The third-order valence-electron chi connectivity index (χ3n) is 5.45. The number of carbonyl (C=O) groups is 1. The lowest BCUT2D eigenvalue weighted by molar-refractivity contribution is -0.136. The maximum Gasteiger partial charge on any atom is 0.336 e. The molecule has 0 amide bonds. The van der Waals surface area contributed by atoms with Crippen LogP contribution < -0.4 is 10.1 Å². The molecule has 2 unspecified atom stereocenters. The van der Waals surface area contributed by atoms with Gasteiger partial charge in [0.2, 0.25) is 9.84 Å². The molecular weight excluding hydrogens is 478 g/mol. The van der Waals surface area contributed by atoms with Crippen molar-refractivity contribution in [1.29, 1.82) is 0 Å². The summed E-state index contributed by atoms with van der Waals surface area (Å²) in [4.78, 5) is 12.9. The molecule has 9 heteroatoms. The summed E-state index contributed by atoms with van der Waals surface area (Å²) in [5.74, 6) is -1.11. The minimum atomic E-state index is -4.05. The van der Waals surface area contributed by atoms with Crippen LogP contribution in [0, 0.1) is 0 Å². The molecule has 34 heavy (non-hydrogen) atoms. The van der Waals surface area contributed by atoms with Crippen molar-refractivity contribution < 1.29 is 27.4 Å². The second-order valence-electron chi connectivity index (χ2n) is 7.71. The van der Waals surface area contributed by atoms with E-state index < -0.39 is 28.0 Å². The first-order valence-electron chi connectivity index (χ1n) is 10.8. The average molecular weight is 506 g/mol. The second-order valence-corrected chi connectivity index (χ2v) is 10.0. The van der Waals surface area contributed by atoms with Crippen molar-refractivity contribution in [3.05, 3.63) is 81.0 Å². The molecule has 0 bridgehead atoms. The van der Waals surface area contributed by atoms with Crippen LogP contribution in [0.25, 0.3) is 0 Å². The number of hydrogen-bond acceptors (Lipinski definition) is 7. The number of benzene rings is 2. The van der Waals surface area contributed by atoms with Gasteiger partial charge in [0, 0.05) is 23.0 Å². The predicted octanol–water partition coefficient (Wildman–Crippen LogP) is 4.94. The van der Waals surface area contributed by atoms with E-state index in [2.05, 4.69) is 5.32 Å². The van der Waals surface area contributed by atoms with Gasteiger partial charge < -0.3 is 19.5 Å². The van der Waals surface area contributed by atoms with Gasteiger partial charge in [0.05, 0.1) is 28.4 Å². The minimum Gasteiger partial charge on any atom is -0.466 e. The number of methoxy groups -OCH3 is 1. The Labute approximate surface area is 205 Å². The summed E-state index contributed by atoms with van der Waals surface area (Å²) in [6.07, 6.45) is -0.472. The standard InChI is InChI=1S/C25H28ClNO6S/c1-6-32-17(4)33-18-11-13-19(14-12-18)34(29,30)24-16(3)27-15(2)22(25(28)31-5)23(24)20-9-7-8-10-21(20)26/h7-14,17,23,27H,6H2,1-5H3. The fourth-order valence-electron chi connectivity index (χ4n) is 4.00. The first-order valence-corrected chi connectivity index (χ1v) is 12.6. The summed E-state index contributed by atoms with van der Waals surface area (Å²) in [7, 11) is -2.79. The highest BCUT2D eigenvalue weighted by atomic mass is 35.5. The van der Waals surface area contributed by atoms with Crippen LogP contribution in [0.5, 0.6) is 5.75 Å². The van der Waals surface area contributed by atoms with Crippen molar-refractivity contribution in [2.75, 3.05) is 13.7 Å². The summed E-state index contributed by atoms with van der Waals surface area (Å²) in [5, 5.41) is 3.38. The number of carbonyl (C=O) groups excluding carboxylic acids is 1. The molecule has 1 aliphatic rings. The highest BCUT2D eigenvalue weighted by Crippen LogP contribution is 2.45. The molecule has 7 nitrogen and oxygen atoms in total. The molecule has 0 aromatic heterocycles. The van der Waals surface area contributed by atoms with Crippen LogP contribution >= 0.6 is 11.6 Å². The lowest BCUT2D eigenvalue weighted by atomic mass is 9.86. The number of rotatable bonds is 8. The van der Waals surface area contributed by atoms with Crippen molar-refractivity contribution in [2.24, 2.45) is 0 Å². The summed E-state index contributed by atoms with van der Waals surface area (Å²) in [6, 6.07) is 12.9. The Hall–Kier alpha value is -2.81. The van der Waals surface area contributed by atoms with Gasteiger partial charge in [-0.2, -0.15) is 0 Å². The van der Waals surface area contributed by atoms with Crippen molar-refractivity contribution in [2.45, 2.75) is 44.8 Å². The van der Waals surface area contributed by atoms with E-state index in [1.54, 1.807) is 57.2 Å². The normalized spacial score (nSPS) is 17.3. The summed E-state index contributed by atoms with van der Waals surface area (Å²) in [6.45, 7) is 7.47. The molecule has 2 aromatic rings. The van der Waals surface area contributed by atoms with Crippen LogP contribution in [0.2, 0.25) is 5.02 Å². The zero-order valence-corrected chi connectivity index (χ0v) is 21.3. The van der Waals surface area contributed by atoms with Crippen LogP contribution in [-0.2, 0) is 24.1 Å². The zero-order chi connectivity index (χ0) is 25.0. The lowest BCUT2D eigenvalue weighted by Gasteiger charge is -2.31. The van der Waals surface area contributed by atoms with Gasteiger partial charge in [-0.1, -0.05) is 29.8 Å². The number of sulfone groups is 1. The number of nitrogens with one attached hydrogen (secondary N) is 1. The largest absolute Gasteiger partial charge is 0.466 e. The molecule has 1 heterocycles. The molecule has 0 aliphatic carbocycles. The molecule has 0 saturated carbocycles. The van der Waals surface area contributed by atoms with Gasteiger partial charge in [-0.15, -0.1) is 0 Å². The maximum atomic E-state index is 13.9. The Bertz CT molecular complexity index is 1230. The third-order valence-corrected chi connectivity index (χ3v) is 7.81. The van der Waals surface area contributed by atoms with E-state index in [1.165, 1.54) is 19.2 Å². The predicted molar refractivity (Wildman–Crippen MR) is 130 cm³/mol. The molecule has 0 spiro atoms.